The highest BCUT2D eigenvalue weighted by Gasteiger charge is 2.56. The summed E-state index contributed by atoms with van der Waals surface area (Å²) in [5.74, 6) is -0.791. The summed E-state index contributed by atoms with van der Waals surface area (Å²) in [6, 6.07) is 0. The number of esters is 2. The van der Waals surface area contributed by atoms with Crippen LogP contribution in [-0.4, -0.2) is 35.9 Å². The van der Waals surface area contributed by atoms with E-state index in [1.54, 1.807) is 0 Å². The quantitative estimate of drug-likeness (QED) is 0.298. The van der Waals surface area contributed by atoms with Gasteiger partial charge in [0.2, 0.25) is 0 Å². The van der Waals surface area contributed by atoms with Crippen molar-refractivity contribution in [3.63, 3.8) is 0 Å². The summed E-state index contributed by atoms with van der Waals surface area (Å²) in [6.45, 7) is 11.8. The van der Waals surface area contributed by atoms with Gasteiger partial charge in [0, 0.05) is 18.4 Å². The van der Waals surface area contributed by atoms with Crippen molar-refractivity contribution in [3.8, 4) is 0 Å². The summed E-state index contributed by atoms with van der Waals surface area (Å²) in [5, 5.41) is 0. The average Bonchev–Trinajstić information content (AvgIpc) is 3.14. The van der Waals surface area contributed by atoms with E-state index in [-0.39, 0.29) is 35.5 Å². The van der Waals surface area contributed by atoms with Crippen LogP contribution >= 0.6 is 0 Å². The van der Waals surface area contributed by atoms with Gasteiger partial charge in [0.25, 0.3) is 0 Å². The molecule has 0 bridgehead atoms. The lowest BCUT2D eigenvalue weighted by Crippen LogP contribution is -2.40. The Labute approximate surface area is 162 Å². The van der Waals surface area contributed by atoms with Gasteiger partial charge in [-0.25, -0.2) is 4.79 Å². The second-order valence-corrected chi connectivity index (χ2v) is 8.69. The molecule has 0 radical (unpaired) electrons. The molecule has 27 heavy (non-hydrogen) atoms. The first-order chi connectivity index (χ1) is 12.7. The van der Waals surface area contributed by atoms with Gasteiger partial charge < -0.3 is 14.2 Å². The third kappa shape index (κ3) is 4.45. The molecular weight excluding hydrogens is 344 g/mol. The molecule has 3 aliphatic rings. The van der Waals surface area contributed by atoms with Crippen molar-refractivity contribution < 1.29 is 23.8 Å². The summed E-state index contributed by atoms with van der Waals surface area (Å²) >= 11 is 0. The summed E-state index contributed by atoms with van der Waals surface area (Å²) in [5.41, 5.74) is 1.72. The number of hydrogen-bond acceptors (Lipinski definition) is 5. The van der Waals surface area contributed by atoms with E-state index < -0.39 is 12.2 Å². The standard InChI is InChI=1S/C22H32O5/c1-13-8-6-10-14(2)19(25-16(4)23)20-17(15(3)21(24)26-20)12-18-22(5,27-18)11-7-9-13/h9,14,17-20H,3,6-8,10-12H2,1-2,4-5H3/b13-9+/t14-,17-,18-,19+,20-,22-/m1/s1. The van der Waals surface area contributed by atoms with Gasteiger partial charge in [0.15, 0.2) is 0 Å². The zero-order valence-electron chi connectivity index (χ0n) is 17.0. The molecule has 0 N–H and O–H groups in total. The molecule has 5 heteroatoms. The van der Waals surface area contributed by atoms with Crippen LogP contribution in [0.5, 0.6) is 0 Å². The summed E-state index contributed by atoms with van der Waals surface area (Å²) < 4.78 is 17.3. The summed E-state index contributed by atoms with van der Waals surface area (Å²) in [4.78, 5) is 24.0. The van der Waals surface area contributed by atoms with Crippen molar-refractivity contribution in [2.24, 2.45) is 11.8 Å². The second-order valence-electron chi connectivity index (χ2n) is 8.69. The predicted octanol–water partition coefficient (Wildman–Crippen LogP) is 4.11. The van der Waals surface area contributed by atoms with Crippen LogP contribution in [0.4, 0.5) is 0 Å². The molecule has 0 aromatic heterocycles. The van der Waals surface area contributed by atoms with Crippen molar-refractivity contribution in [1.82, 2.24) is 0 Å². The van der Waals surface area contributed by atoms with Crippen molar-refractivity contribution in [2.45, 2.75) is 90.1 Å². The van der Waals surface area contributed by atoms with Crippen LogP contribution in [-0.2, 0) is 23.8 Å². The molecule has 1 aliphatic carbocycles. The zero-order chi connectivity index (χ0) is 19.8. The molecule has 5 nitrogen and oxygen atoms in total. The molecule has 150 valence electrons. The van der Waals surface area contributed by atoms with Crippen LogP contribution in [0.2, 0.25) is 0 Å². The molecule has 3 rings (SSSR count). The fraction of sp³-hybridized carbons (Fsp3) is 0.727. The maximum Gasteiger partial charge on any atom is 0.334 e. The fourth-order valence-corrected chi connectivity index (χ4v) is 4.52. The van der Waals surface area contributed by atoms with Crippen LogP contribution < -0.4 is 0 Å². The van der Waals surface area contributed by atoms with Crippen molar-refractivity contribution >= 4 is 11.9 Å². The number of carbonyl (C=O) groups is 2. The van der Waals surface area contributed by atoms with Crippen molar-refractivity contribution in [2.75, 3.05) is 0 Å². The monoisotopic (exact) mass is 376 g/mol. The van der Waals surface area contributed by atoms with Crippen LogP contribution in [0, 0.1) is 11.8 Å². The largest absolute Gasteiger partial charge is 0.458 e. The molecule has 0 aromatic carbocycles. The van der Waals surface area contributed by atoms with E-state index in [0.717, 1.165) is 32.1 Å². The fourth-order valence-electron chi connectivity index (χ4n) is 4.52. The molecule has 0 unspecified atom stereocenters. The highest BCUT2D eigenvalue weighted by Crippen LogP contribution is 2.48. The number of hydrogen-bond donors (Lipinski definition) is 0. The van der Waals surface area contributed by atoms with Crippen LogP contribution in [0.15, 0.2) is 23.8 Å². The highest BCUT2D eigenvalue weighted by molar-refractivity contribution is 5.91. The summed E-state index contributed by atoms with van der Waals surface area (Å²) in [6.07, 6.45) is 7.08. The number of carbonyl (C=O) groups excluding carboxylic acids is 2. The van der Waals surface area contributed by atoms with Gasteiger partial charge in [-0.05, 0) is 58.3 Å². The molecule has 0 aromatic rings. The summed E-state index contributed by atoms with van der Waals surface area (Å²) in [7, 11) is 0. The first-order valence-electron chi connectivity index (χ1n) is 10.1. The Balaban J connectivity index is 1.86. The van der Waals surface area contributed by atoms with Gasteiger partial charge >= 0.3 is 11.9 Å². The third-order valence-electron chi connectivity index (χ3n) is 6.40. The van der Waals surface area contributed by atoms with E-state index in [9.17, 15) is 9.59 Å². The average molecular weight is 376 g/mol. The first-order valence-corrected chi connectivity index (χ1v) is 10.1. The lowest BCUT2D eigenvalue weighted by atomic mass is 9.81. The van der Waals surface area contributed by atoms with E-state index in [2.05, 4.69) is 33.4 Å². The van der Waals surface area contributed by atoms with Gasteiger partial charge in [-0.1, -0.05) is 25.2 Å². The van der Waals surface area contributed by atoms with E-state index in [0.29, 0.717) is 12.0 Å². The van der Waals surface area contributed by atoms with Gasteiger partial charge in [0.05, 0.1) is 11.7 Å². The molecule has 0 saturated carbocycles. The van der Waals surface area contributed by atoms with E-state index in [1.165, 1.54) is 12.5 Å². The predicted molar refractivity (Wildman–Crippen MR) is 102 cm³/mol. The molecule has 2 heterocycles. The molecule has 2 saturated heterocycles. The minimum Gasteiger partial charge on any atom is -0.458 e. The number of ether oxygens (including phenoxy) is 3. The van der Waals surface area contributed by atoms with Crippen LogP contribution in [0.25, 0.3) is 0 Å². The minimum atomic E-state index is -0.475. The van der Waals surface area contributed by atoms with Gasteiger partial charge in [0.1, 0.15) is 12.2 Å². The Bertz CT molecular complexity index is 651. The van der Waals surface area contributed by atoms with Gasteiger partial charge in [-0.15, -0.1) is 0 Å². The topological polar surface area (TPSA) is 65.1 Å². The molecule has 0 amide bonds. The Hall–Kier alpha value is -1.62. The molecule has 2 aliphatic heterocycles. The number of fused-ring (bicyclic) bond motifs is 2. The minimum absolute atomic E-state index is 0.0844. The van der Waals surface area contributed by atoms with Crippen LogP contribution in [0.3, 0.4) is 0 Å². The molecular formula is C22H32O5. The lowest BCUT2D eigenvalue weighted by Gasteiger charge is -2.31. The van der Waals surface area contributed by atoms with E-state index in [1.807, 2.05) is 0 Å². The van der Waals surface area contributed by atoms with E-state index >= 15 is 0 Å². The first kappa shape index (κ1) is 20.1. The molecule has 2 fully saturated rings. The smallest absolute Gasteiger partial charge is 0.334 e. The number of epoxide rings is 1. The number of allylic oxidation sites excluding steroid dienone is 2. The Morgan fingerprint density at radius 2 is 2.15 bits per heavy atom. The third-order valence-corrected chi connectivity index (χ3v) is 6.40. The Morgan fingerprint density at radius 1 is 1.41 bits per heavy atom. The Kier molecular flexibility index (Phi) is 5.80. The lowest BCUT2D eigenvalue weighted by molar-refractivity contribution is -0.165. The maximum atomic E-state index is 12.3. The van der Waals surface area contributed by atoms with Crippen molar-refractivity contribution in [3.05, 3.63) is 23.8 Å². The molecule has 0 spiro atoms. The second kappa shape index (κ2) is 7.78. The maximum absolute atomic E-state index is 12.3. The number of rotatable bonds is 1. The van der Waals surface area contributed by atoms with E-state index in [4.69, 9.17) is 14.2 Å². The zero-order valence-corrected chi connectivity index (χ0v) is 17.0. The Morgan fingerprint density at radius 3 is 2.85 bits per heavy atom. The van der Waals surface area contributed by atoms with Crippen molar-refractivity contribution in [1.29, 1.82) is 0 Å². The normalized spacial score (nSPS) is 42.1. The highest BCUT2D eigenvalue weighted by atomic mass is 16.6. The van der Waals surface area contributed by atoms with Gasteiger partial charge in [-0.3, -0.25) is 4.79 Å². The SMILES string of the molecule is C=C1C(=O)O[C@H]2[C@@H](OC(C)=O)[C@H](C)CCC/C(C)=C/CC[C@@]3(C)O[C@@H]3C[C@H]12. The molecule has 6 atom stereocenters. The van der Waals surface area contributed by atoms with Crippen LogP contribution in [0.1, 0.15) is 66.2 Å². The van der Waals surface area contributed by atoms with Gasteiger partial charge in [-0.2, -0.15) is 0 Å².